The Morgan fingerprint density at radius 1 is 1.00 bits per heavy atom. The number of carbonyl (C=O) groups excluding carboxylic acids is 1. The summed E-state index contributed by atoms with van der Waals surface area (Å²) in [4.78, 5) is 14.4. The molecule has 3 aromatic rings. The van der Waals surface area contributed by atoms with E-state index in [0.717, 1.165) is 5.56 Å². The van der Waals surface area contributed by atoms with E-state index in [-0.39, 0.29) is 10.8 Å². The summed E-state index contributed by atoms with van der Waals surface area (Å²) in [7, 11) is -2.07. The van der Waals surface area contributed by atoms with Crippen molar-refractivity contribution in [2.24, 2.45) is 0 Å². The first-order valence-electron chi connectivity index (χ1n) is 9.65. The Kier molecular flexibility index (Phi) is 7.20. The summed E-state index contributed by atoms with van der Waals surface area (Å²) >= 11 is 6.17. The number of hydrogen-bond donors (Lipinski definition) is 1. The van der Waals surface area contributed by atoms with Crippen molar-refractivity contribution in [1.29, 1.82) is 0 Å². The number of benzene rings is 3. The monoisotopic (exact) mass is 458 g/mol. The topological polar surface area (TPSA) is 75.7 Å². The Labute approximate surface area is 187 Å². The number of nitrogens with zero attached hydrogens (tertiary/aromatic N) is 1. The lowest BCUT2D eigenvalue weighted by Gasteiger charge is -2.18. The molecule has 0 aliphatic rings. The summed E-state index contributed by atoms with van der Waals surface area (Å²) in [5.41, 5.74) is 1.65. The average Bonchev–Trinajstić information content (AvgIpc) is 2.76. The lowest BCUT2D eigenvalue weighted by atomic mass is 10.1. The number of amides is 1. The third-order valence-corrected chi connectivity index (χ3v) is 6.31. The summed E-state index contributed by atoms with van der Waals surface area (Å²) in [5, 5.41) is 0.598. The van der Waals surface area contributed by atoms with Gasteiger partial charge in [0.25, 0.3) is 15.9 Å². The maximum absolute atomic E-state index is 12.7. The van der Waals surface area contributed by atoms with Crippen LogP contribution in [-0.2, 0) is 16.6 Å². The van der Waals surface area contributed by atoms with Crippen LogP contribution in [-0.4, -0.2) is 32.9 Å². The van der Waals surface area contributed by atoms with Gasteiger partial charge in [0.15, 0.2) is 0 Å². The van der Waals surface area contributed by atoms with Crippen molar-refractivity contribution in [3.05, 3.63) is 88.9 Å². The SMILES string of the molecule is CCOc1ccc(S(=O)(=O)Nc2ccc(C(=O)N(C)Cc3ccccc3Cl)cc2)cc1. The minimum Gasteiger partial charge on any atom is -0.494 e. The van der Waals surface area contributed by atoms with Gasteiger partial charge in [0, 0.05) is 29.9 Å². The van der Waals surface area contributed by atoms with Crippen LogP contribution in [0.25, 0.3) is 0 Å². The summed E-state index contributed by atoms with van der Waals surface area (Å²) in [6.07, 6.45) is 0. The fraction of sp³-hybridized carbons (Fsp3) is 0.174. The Morgan fingerprint density at radius 2 is 1.65 bits per heavy atom. The molecule has 0 atom stereocenters. The highest BCUT2D eigenvalue weighted by atomic mass is 35.5. The normalized spacial score (nSPS) is 11.1. The molecular formula is C23H23ClN2O4S. The van der Waals surface area contributed by atoms with Crippen LogP contribution in [0, 0.1) is 0 Å². The standard InChI is InChI=1S/C23H23ClN2O4S/c1-3-30-20-12-14-21(15-13-20)31(28,29)25-19-10-8-17(9-11-19)23(27)26(2)16-18-6-4-5-7-22(18)24/h4-15,25H,3,16H2,1-2H3. The Hall–Kier alpha value is -3.03. The summed E-state index contributed by atoms with van der Waals surface area (Å²) in [6.45, 7) is 2.73. The van der Waals surface area contributed by atoms with Crippen LogP contribution in [0.3, 0.4) is 0 Å². The zero-order chi connectivity index (χ0) is 22.4. The zero-order valence-electron chi connectivity index (χ0n) is 17.2. The number of ether oxygens (including phenoxy) is 1. The molecule has 1 N–H and O–H groups in total. The van der Waals surface area contributed by atoms with Crippen molar-refractivity contribution < 1.29 is 17.9 Å². The van der Waals surface area contributed by atoms with Crippen LogP contribution >= 0.6 is 11.6 Å². The summed E-state index contributed by atoms with van der Waals surface area (Å²) in [6, 6.07) is 19.8. The number of carbonyl (C=O) groups is 1. The van der Waals surface area contributed by atoms with E-state index >= 15 is 0 Å². The summed E-state index contributed by atoms with van der Waals surface area (Å²) < 4.78 is 33.0. The maximum atomic E-state index is 12.7. The molecule has 3 rings (SSSR count). The van der Waals surface area contributed by atoms with Crippen molar-refractivity contribution in [3.8, 4) is 5.75 Å². The molecule has 0 unspecified atom stereocenters. The van der Waals surface area contributed by atoms with Gasteiger partial charge >= 0.3 is 0 Å². The zero-order valence-corrected chi connectivity index (χ0v) is 18.8. The van der Waals surface area contributed by atoms with Gasteiger partial charge in [-0.25, -0.2) is 8.42 Å². The highest BCUT2D eigenvalue weighted by Gasteiger charge is 2.16. The van der Waals surface area contributed by atoms with E-state index < -0.39 is 10.0 Å². The van der Waals surface area contributed by atoms with E-state index in [4.69, 9.17) is 16.3 Å². The Morgan fingerprint density at radius 3 is 2.26 bits per heavy atom. The summed E-state index contributed by atoms with van der Waals surface area (Å²) in [5.74, 6) is 0.408. The van der Waals surface area contributed by atoms with Gasteiger partial charge in [-0.1, -0.05) is 29.8 Å². The molecule has 6 nitrogen and oxygen atoms in total. The van der Waals surface area contributed by atoms with Gasteiger partial charge in [0.1, 0.15) is 5.75 Å². The predicted molar refractivity (Wildman–Crippen MR) is 122 cm³/mol. The van der Waals surface area contributed by atoms with Crippen molar-refractivity contribution in [2.45, 2.75) is 18.4 Å². The molecule has 8 heteroatoms. The molecule has 0 saturated heterocycles. The van der Waals surface area contributed by atoms with Gasteiger partial charge < -0.3 is 9.64 Å². The molecule has 0 radical (unpaired) electrons. The highest BCUT2D eigenvalue weighted by Crippen LogP contribution is 2.21. The average molecular weight is 459 g/mol. The first-order valence-corrected chi connectivity index (χ1v) is 11.5. The highest BCUT2D eigenvalue weighted by molar-refractivity contribution is 7.92. The molecule has 0 aromatic heterocycles. The van der Waals surface area contributed by atoms with Gasteiger partial charge in [0.05, 0.1) is 11.5 Å². The number of anilines is 1. The van der Waals surface area contributed by atoms with E-state index in [2.05, 4.69) is 4.72 Å². The Balaban J connectivity index is 1.67. The fourth-order valence-electron chi connectivity index (χ4n) is 2.95. The van der Waals surface area contributed by atoms with Crippen LogP contribution in [0.2, 0.25) is 5.02 Å². The molecule has 31 heavy (non-hydrogen) atoms. The van der Waals surface area contributed by atoms with Gasteiger partial charge in [-0.15, -0.1) is 0 Å². The van der Waals surface area contributed by atoms with Crippen LogP contribution in [0.5, 0.6) is 5.75 Å². The Bertz CT molecular complexity index is 1150. The molecule has 162 valence electrons. The third-order valence-electron chi connectivity index (χ3n) is 4.54. The molecule has 0 saturated carbocycles. The molecular weight excluding hydrogens is 436 g/mol. The van der Waals surface area contributed by atoms with Crippen LogP contribution in [0.1, 0.15) is 22.8 Å². The predicted octanol–water partition coefficient (Wildman–Crippen LogP) is 4.81. The maximum Gasteiger partial charge on any atom is 0.261 e. The van der Waals surface area contributed by atoms with E-state index in [9.17, 15) is 13.2 Å². The molecule has 0 aliphatic carbocycles. The van der Waals surface area contributed by atoms with Crippen LogP contribution < -0.4 is 9.46 Å². The first kappa shape index (κ1) is 22.7. The van der Waals surface area contributed by atoms with Gasteiger partial charge in [-0.05, 0) is 67.1 Å². The number of halogens is 1. The van der Waals surface area contributed by atoms with Gasteiger partial charge in [-0.3, -0.25) is 9.52 Å². The molecule has 0 bridgehead atoms. The van der Waals surface area contributed by atoms with Crippen molar-refractivity contribution in [3.63, 3.8) is 0 Å². The van der Waals surface area contributed by atoms with Gasteiger partial charge in [0.2, 0.25) is 0 Å². The second-order valence-corrected chi connectivity index (χ2v) is 8.93. The largest absolute Gasteiger partial charge is 0.494 e. The van der Waals surface area contributed by atoms with E-state index in [1.54, 1.807) is 54.4 Å². The van der Waals surface area contributed by atoms with E-state index in [1.807, 2.05) is 25.1 Å². The van der Waals surface area contributed by atoms with Crippen molar-refractivity contribution >= 4 is 33.2 Å². The number of sulfonamides is 1. The minimum atomic E-state index is -3.76. The molecule has 0 spiro atoms. The second kappa shape index (κ2) is 9.85. The number of rotatable bonds is 8. The lowest BCUT2D eigenvalue weighted by Crippen LogP contribution is -2.26. The molecule has 0 aliphatic heterocycles. The number of hydrogen-bond acceptors (Lipinski definition) is 4. The molecule has 3 aromatic carbocycles. The quantitative estimate of drug-likeness (QED) is 0.525. The van der Waals surface area contributed by atoms with Crippen LogP contribution in [0.4, 0.5) is 5.69 Å². The van der Waals surface area contributed by atoms with Gasteiger partial charge in [-0.2, -0.15) is 0 Å². The second-order valence-electron chi connectivity index (χ2n) is 6.84. The van der Waals surface area contributed by atoms with Crippen molar-refractivity contribution in [1.82, 2.24) is 4.90 Å². The lowest BCUT2D eigenvalue weighted by molar-refractivity contribution is 0.0785. The first-order chi connectivity index (χ1) is 14.8. The molecule has 0 heterocycles. The third kappa shape index (κ3) is 5.77. The van der Waals surface area contributed by atoms with Crippen LogP contribution in [0.15, 0.2) is 77.7 Å². The van der Waals surface area contributed by atoms with E-state index in [1.165, 1.54) is 12.1 Å². The van der Waals surface area contributed by atoms with E-state index in [0.29, 0.717) is 35.2 Å². The minimum absolute atomic E-state index is 0.121. The smallest absolute Gasteiger partial charge is 0.261 e. The number of nitrogens with one attached hydrogen (secondary N) is 1. The fourth-order valence-corrected chi connectivity index (χ4v) is 4.21. The molecule has 0 fully saturated rings. The molecule has 1 amide bonds. The van der Waals surface area contributed by atoms with Crippen molar-refractivity contribution in [2.75, 3.05) is 18.4 Å².